The van der Waals surface area contributed by atoms with E-state index in [4.69, 9.17) is 4.42 Å². The molecule has 2 aliphatic rings. The quantitative estimate of drug-likeness (QED) is 0.928. The number of likely N-dealkylation sites (tertiary alicyclic amines) is 1. The number of piperidine rings is 1. The molecule has 1 aliphatic heterocycles. The van der Waals surface area contributed by atoms with Gasteiger partial charge in [-0.2, -0.15) is 0 Å². The summed E-state index contributed by atoms with van der Waals surface area (Å²) in [5.74, 6) is 1.38. The van der Waals surface area contributed by atoms with Crippen LogP contribution in [0.1, 0.15) is 50.7 Å². The molecule has 1 aliphatic carbocycles. The van der Waals surface area contributed by atoms with Gasteiger partial charge in [-0.3, -0.25) is 4.79 Å². The number of furan rings is 1. The van der Waals surface area contributed by atoms with Gasteiger partial charge in [0.1, 0.15) is 5.76 Å². The predicted molar refractivity (Wildman–Crippen MR) is 79.7 cm³/mol. The lowest BCUT2D eigenvalue weighted by Gasteiger charge is -2.40. The molecular weight excluding hydrogens is 266 g/mol. The first-order valence-corrected chi connectivity index (χ1v) is 8.25. The molecule has 2 fully saturated rings. The summed E-state index contributed by atoms with van der Waals surface area (Å²) >= 11 is 0. The maximum absolute atomic E-state index is 12.6. The van der Waals surface area contributed by atoms with Crippen LogP contribution in [0.25, 0.3) is 0 Å². The fraction of sp³-hybridized carbons (Fsp3) is 0.706. The fourth-order valence-electron chi connectivity index (χ4n) is 3.96. The number of amides is 1. The van der Waals surface area contributed by atoms with Crippen LogP contribution in [0.5, 0.6) is 0 Å². The maximum Gasteiger partial charge on any atom is 0.223 e. The van der Waals surface area contributed by atoms with E-state index in [1.54, 1.807) is 6.26 Å². The molecule has 1 aromatic heterocycles. The third-order valence-corrected chi connectivity index (χ3v) is 5.06. The molecule has 0 aromatic carbocycles. The van der Waals surface area contributed by atoms with Crippen molar-refractivity contribution < 1.29 is 14.3 Å². The van der Waals surface area contributed by atoms with Gasteiger partial charge in [0.15, 0.2) is 0 Å². The summed E-state index contributed by atoms with van der Waals surface area (Å²) in [5.41, 5.74) is 0. The molecule has 0 spiro atoms. The van der Waals surface area contributed by atoms with Gasteiger partial charge in [0.05, 0.1) is 12.4 Å². The average molecular weight is 291 g/mol. The van der Waals surface area contributed by atoms with E-state index in [0.29, 0.717) is 12.8 Å². The van der Waals surface area contributed by atoms with Crippen molar-refractivity contribution in [3.8, 4) is 0 Å². The number of aryl methyl sites for hydroxylation is 1. The van der Waals surface area contributed by atoms with Crippen molar-refractivity contribution in [2.24, 2.45) is 5.92 Å². The minimum atomic E-state index is -0.214. The van der Waals surface area contributed by atoms with Crippen LogP contribution in [-0.2, 0) is 11.2 Å². The first-order valence-electron chi connectivity index (χ1n) is 8.25. The predicted octanol–water partition coefficient (Wildman–Crippen LogP) is 2.75. The Morgan fingerprint density at radius 3 is 2.90 bits per heavy atom. The van der Waals surface area contributed by atoms with Crippen LogP contribution in [0.15, 0.2) is 22.8 Å². The number of carbonyl (C=O) groups is 1. The molecule has 4 heteroatoms. The molecule has 1 saturated carbocycles. The van der Waals surface area contributed by atoms with E-state index in [1.165, 1.54) is 6.42 Å². The number of aliphatic hydroxyl groups excluding tert-OH is 1. The van der Waals surface area contributed by atoms with Crippen molar-refractivity contribution >= 4 is 5.91 Å². The molecule has 1 amide bonds. The van der Waals surface area contributed by atoms with Gasteiger partial charge in [0.2, 0.25) is 5.91 Å². The molecular formula is C17H25NO3. The lowest BCUT2D eigenvalue weighted by Crippen LogP contribution is -2.49. The fourth-order valence-corrected chi connectivity index (χ4v) is 3.96. The van der Waals surface area contributed by atoms with E-state index in [0.717, 1.165) is 44.4 Å². The van der Waals surface area contributed by atoms with Crippen molar-refractivity contribution in [3.63, 3.8) is 0 Å². The van der Waals surface area contributed by atoms with Gasteiger partial charge >= 0.3 is 0 Å². The Labute approximate surface area is 126 Å². The second-order valence-corrected chi connectivity index (χ2v) is 6.39. The zero-order chi connectivity index (χ0) is 14.7. The SMILES string of the molecule is O=C(CCc1ccco1)N1CCCCC1C1CCCC1O. The van der Waals surface area contributed by atoms with Gasteiger partial charge in [0.25, 0.3) is 0 Å². The van der Waals surface area contributed by atoms with Crippen molar-refractivity contribution in [1.82, 2.24) is 4.90 Å². The molecule has 1 saturated heterocycles. The highest BCUT2D eigenvalue weighted by Crippen LogP contribution is 2.35. The van der Waals surface area contributed by atoms with Crippen LogP contribution in [0.2, 0.25) is 0 Å². The summed E-state index contributed by atoms with van der Waals surface area (Å²) in [6, 6.07) is 4.03. The van der Waals surface area contributed by atoms with Gasteiger partial charge in [-0.1, -0.05) is 6.42 Å². The topological polar surface area (TPSA) is 53.7 Å². The minimum Gasteiger partial charge on any atom is -0.469 e. The van der Waals surface area contributed by atoms with Crippen molar-refractivity contribution in [3.05, 3.63) is 24.2 Å². The summed E-state index contributed by atoms with van der Waals surface area (Å²) in [4.78, 5) is 14.6. The first-order chi connectivity index (χ1) is 10.3. The van der Waals surface area contributed by atoms with Crippen LogP contribution in [0, 0.1) is 5.92 Å². The lowest BCUT2D eigenvalue weighted by molar-refractivity contribution is -0.137. The van der Waals surface area contributed by atoms with E-state index in [9.17, 15) is 9.90 Å². The highest BCUT2D eigenvalue weighted by molar-refractivity contribution is 5.76. The van der Waals surface area contributed by atoms with Crippen molar-refractivity contribution in [1.29, 1.82) is 0 Å². The molecule has 0 radical (unpaired) electrons. The molecule has 4 nitrogen and oxygen atoms in total. The average Bonchev–Trinajstić information content (AvgIpc) is 3.16. The number of rotatable bonds is 4. The summed E-state index contributed by atoms with van der Waals surface area (Å²) in [7, 11) is 0. The third kappa shape index (κ3) is 3.31. The van der Waals surface area contributed by atoms with E-state index in [1.807, 2.05) is 17.0 Å². The Morgan fingerprint density at radius 1 is 1.29 bits per heavy atom. The molecule has 1 N–H and O–H groups in total. The summed E-state index contributed by atoms with van der Waals surface area (Å²) in [5, 5.41) is 10.2. The number of aliphatic hydroxyl groups is 1. The Balaban J connectivity index is 1.61. The second kappa shape index (κ2) is 6.65. The van der Waals surface area contributed by atoms with Gasteiger partial charge in [0, 0.05) is 31.3 Å². The molecule has 21 heavy (non-hydrogen) atoms. The van der Waals surface area contributed by atoms with Gasteiger partial charge in [-0.15, -0.1) is 0 Å². The van der Waals surface area contributed by atoms with Gasteiger partial charge in [-0.25, -0.2) is 0 Å². The normalized spacial score (nSPS) is 29.8. The highest BCUT2D eigenvalue weighted by atomic mass is 16.3. The summed E-state index contributed by atoms with van der Waals surface area (Å²) in [6.07, 6.45) is 8.98. The lowest BCUT2D eigenvalue weighted by atomic mass is 9.87. The highest BCUT2D eigenvalue weighted by Gasteiger charge is 2.38. The largest absolute Gasteiger partial charge is 0.469 e. The number of hydrogen-bond donors (Lipinski definition) is 1. The molecule has 3 rings (SSSR count). The molecule has 2 heterocycles. The molecule has 1 aromatic rings. The van der Waals surface area contributed by atoms with E-state index >= 15 is 0 Å². The second-order valence-electron chi connectivity index (χ2n) is 6.39. The summed E-state index contributed by atoms with van der Waals surface area (Å²) in [6.45, 7) is 0.852. The first kappa shape index (κ1) is 14.6. The smallest absolute Gasteiger partial charge is 0.223 e. The van der Waals surface area contributed by atoms with Crippen LogP contribution < -0.4 is 0 Å². The van der Waals surface area contributed by atoms with Gasteiger partial charge < -0.3 is 14.4 Å². The number of carbonyl (C=O) groups excluding carboxylic acids is 1. The van der Waals surface area contributed by atoms with Crippen molar-refractivity contribution in [2.45, 2.75) is 63.5 Å². The molecule has 3 atom stereocenters. The third-order valence-electron chi connectivity index (χ3n) is 5.06. The summed E-state index contributed by atoms with van der Waals surface area (Å²) < 4.78 is 5.30. The van der Waals surface area contributed by atoms with Crippen LogP contribution in [0.3, 0.4) is 0 Å². The Hall–Kier alpha value is -1.29. The molecule has 116 valence electrons. The molecule has 3 unspecified atom stereocenters. The Bertz CT molecular complexity index is 457. The molecule has 0 bridgehead atoms. The Morgan fingerprint density at radius 2 is 2.19 bits per heavy atom. The monoisotopic (exact) mass is 291 g/mol. The van der Waals surface area contributed by atoms with Crippen molar-refractivity contribution in [2.75, 3.05) is 6.54 Å². The van der Waals surface area contributed by atoms with E-state index in [2.05, 4.69) is 0 Å². The van der Waals surface area contributed by atoms with Gasteiger partial charge in [-0.05, 0) is 44.2 Å². The Kier molecular flexibility index (Phi) is 4.63. The van der Waals surface area contributed by atoms with Crippen LogP contribution in [0.4, 0.5) is 0 Å². The number of hydrogen-bond acceptors (Lipinski definition) is 3. The van der Waals surface area contributed by atoms with E-state index < -0.39 is 0 Å². The zero-order valence-corrected chi connectivity index (χ0v) is 12.5. The van der Waals surface area contributed by atoms with Crippen LogP contribution >= 0.6 is 0 Å². The standard InChI is InChI=1S/C17H25NO3/c19-16-8-3-6-14(16)15-7-1-2-11-18(15)17(20)10-9-13-5-4-12-21-13/h4-5,12,14-16,19H,1-3,6-11H2. The van der Waals surface area contributed by atoms with Crippen LogP contribution in [-0.4, -0.2) is 34.6 Å². The maximum atomic E-state index is 12.6. The zero-order valence-electron chi connectivity index (χ0n) is 12.5. The van der Waals surface area contributed by atoms with E-state index in [-0.39, 0.29) is 24.0 Å². The minimum absolute atomic E-state index is 0.214. The number of nitrogens with zero attached hydrogens (tertiary/aromatic N) is 1.